The maximum absolute atomic E-state index is 13.9. The van der Waals surface area contributed by atoms with Gasteiger partial charge in [-0.25, -0.2) is 0 Å². The molecule has 6 nitrogen and oxygen atoms in total. The van der Waals surface area contributed by atoms with E-state index < -0.39 is 5.54 Å². The molecule has 1 aliphatic heterocycles. The van der Waals surface area contributed by atoms with E-state index in [0.717, 1.165) is 37.8 Å². The third-order valence-electron chi connectivity index (χ3n) is 7.37. The van der Waals surface area contributed by atoms with E-state index in [4.69, 9.17) is 4.42 Å². The molecule has 1 fully saturated rings. The number of nitrogens with one attached hydrogen (secondary N) is 1. The van der Waals surface area contributed by atoms with Crippen LogP contribution in [0.3, 0.4) is 0 Å². The van der Waals surface area contributed by atoms with Crippen LogP contribution < -0.4 is 5.32 Å². The number of nitrogens with zero attached hydrogens (tertiary/aromatic N) is 2. The van der Waals surface area contributed by atoms with E-state index >= 15 is 0 Å². The molecule has 0 radical (unpaired) electrons. The molecule has 3 aromatic heterocycles. The van der Waals surface area contributed by atoms with E-state index in [-0.39, 0.29) is 17.9 Å². The van der Waals surface area contributed by atoms with Crippen LogP contribution in [-0.4, -0.2) is 39.4 Å². The van der Waals surface area contributed by atoms with E-state index in [1.54, 1.807) is 22.5 Å². The van der Waals surface area contributed by atoms with E-state index in [2.05, 4.69) is 16.8 Å². The second-order valence-electron chi connectivity index (χ2n) is 9.74. The molecule has 3 aromatic rings. The lowest BCUT2D eigenvalue weighted by molar-refractivity contribution is -0.133. The molecule has 1 saturated carbocycles. The Kier molecular flexibility index (Phi) is 6.63. The van der Waals surface area contributed by atoms with Gasteiger partial charge < -0.3 is 19.2 Å². The van der Waals surface area contributed by atoms with Gasteiger partial charge in [0.25, 0.3) is 5.91 Å². The molecule has 1 aliphatic carbocycles. The van der Waals surface area contributed by atoms with Gasteiger partial charge in [0.05, 0.1) is 18.5 Å². The van der Waals surface area contributed by atoms with E-state index in [0.29, 0.717) is 24.5 Å². The highest BCUT2D eigenvalue weighted by Crippen LogP contribution is 2.34. The van der Waals surface area contributed by atoms with Crippen molar-refractivity contribution < 1.29 is 14.0 Å². The van der Waals surface area contributed by atoms with Crippen molar-refractivity contribution in [1.29, 1.82) is 0 Å². The molecule has 0 aromatic carbocycles. The second-order valence-corrected chi connectivity index (χ2v) is 10.8. The van der Waals surface area contributed by atoms with Crippen LogP contribution in [0.2, 0.25) is 0 Å². The summed E-state index contributed by atoms with van der Waals surface area (Å²) in [5, 5.41) is 5.40. The number of rotatable bonds is 6. The average Bonchev–Trinajstić information content (AvgIpc) is 3.57. The lowest BCUT2D eigenvalue weighted by Gasteiger charge is -2.45. The van der Waals surface area contributed by atoms with Crippen LogP contribution in [0.25, 0.3) is 11.5 Å². The molecule has 0 saturated heterocycles. The highest BCUT2D eigenvalue weighted by Gasteiger charge is 2.48. The minimum absolute atomic E-state index is 0.0534. The number of hydrogen-bond acceptors (Lipinski definition) is 4. The molecule has 180 valence electrons. The third kappa shape index (κ3) is 4.45. The van der Waals surface area contributed by atoms with E-state index in [1.807, 2.05) is 41.8 Å². The molecule has 1 atom stereocenters. The Hall–Kier alpha value is -2.80. The van der Waals surface area contributed by atoms with Gasteiger partial charge in [-0.05, 0) is 61.9 Å². The molecule has 2 amide bonds. The second kappa shape index (κ2) is 9.82. The predicted octanol–water partition coefficient (Wildman–Crippen LogP) is 5.50. The minimum atomic E-state index is -0.982. The van der Waals surface area contributed by atoms with Crippen molar-refractivity contribution in [3.05, 3.63) is 58.6 Å². The summed E-state index contributed by atoms with van der Waals surface area (Å²) in [4.78, 5) is 30.7. The van der Waals surface area contributed by atoms with Crippen molar-refractivity contribution in [3.63, 3.8) is 0 Å². The van der Waals surface area contributed by atoms with Crippen LogP contribution in [0.15, 0.2) is 52.5 Å². The summed E-state index contributed by atoms with van der Waals surface area (Å²) in [6.45, 7) is 2.84. The first-order chi connectivity index (χ1) is 16.6. The summed E-state index contributed by atoms with van der Waals surface area (Å²) >= 11 is 1.69. The fourth-order valence-corrected chi connectivity index (χ4v) is 6.08. The zero-order valence-electron chi connectivity index (χ0n) is 19.8. The summed E-state index contributed by atoms with van der Waals surface area (Å²) in [5.74, 6) is 0.548. The van der Waals surface area contributed by atoms with Crippen molar-refractivity contribution in [2.24, 2.45) is 0 Å². The van der Waals surface area contributed by atoms with Crippen molar-refractivity contribution >= 4 is 23.2 Å². The van der Waals surface area contributed by atoms with Crippen LogP contribution in [0.5, 0.6) is 0 Å². The molecule has 2 aliphatic rings. The fourth-order valence-electron chi connectivity index (χ4n) is 5.38. The van der Waals surface area contributed by atoms with Gasteiger partial charge in [-0.1, -0.05) is 38.2 Å². The summed E-state index contributed by atoms with van der Waals surface area (Å²) in [6, 6.07) is 11.8. The molecule has 1 N–H and O–H groups in total. The fraction of sp³-hybridized carbons (Fsp3) is 0.481. The molecule has 34 heavy (non-hydrogen) atoms. The normalized spacial score (nSPS) is 21.7. The highest BCUT2D eigenvalue weighted by atomic mass is 32.1. The predicted molar refractivity (Wildman–Crippen MR) is 134 cm³/mol. The average molecular weight is 480 g/mol. The molecule has 0 bridgehead atoms. The monoisotopic (exact) mass is 479 g/mol. The number of carbonyl (C=O) groups excluding carboxylic acids is 2. The first kappa shape index (κ1) is 23.0. The van der Waals surface area contributed by atoms with Gasteiger partial charge in [0.15, 0.2) is 0 Å². The van der Waals surface area contributed by atoms with Crippen molar-refractivity contribution in [2.45, 2.75) is 76.4 Å². The van der Waals surface area contributed by atoms with Gasteiger partial charge in [0, 0.05) is 17.5 Å². The van der Waals surface area contributed by atoms with Crippen LogP contribution >= 0.6 is 11.3 Å². The molecular formula is C27H33N3O3S. The number of thiophene rings is 1. The van der Waals surface area contributed by atoms with Crippen LogP contribution in [0.1, 0.15) is 67.2 Å². The number of aromatic nitrogens is 1. The smallest absolute Gasteiger partial charge is 0.271 e. The first-order valence-corrected chi connectivity index (χ1v) is 13.3. The number of carbonyl (C=O) groups is 2. The van der Waals surface area contributed by atoms with Crippen molar-refractivity contribution in [1.82, 2.24) is 14.8 Å². The molecular weight excluding hydrogens is 446 g/mol. The molecule has 1 unspecified atom stereocenters. The van der Waals surface area contributed by atoms with Gasteiger partial charge in [-0.2, -0.15) is 0 Å². The van der Waals surface area contributed by atoms with Crippen molar-refractivity contribution in [3.8, 4) is 11.5 Å². The first-order valence-electron chi connectivity index (χ1n) is 12.4. The number of fused-ring (bicyclic) bond motifs is 1. The Balaban J connectivity index is 1.45. The SMILES string of the molecule is CC1(C(=O)NC2CCCCCCC2)Cn2c(ccc2-c2ccco2)C(=O)N1CCc1cccs1. The highest BCUT2D eigenvalue weighted by molar-refractivity contribution is 7.09. The van der Waals surface area contributed by atoms with Crippen molar-refractivity contribution in [2.75, 3.05) is 6.54 Å². The van der Waals surface area contributed by atoms with E-state index in [9.17, 15) is 9.59 Å². The zero-order valence-corrected chi connectivity index (χ0v) is 20.6. The van der Waals surface area contributed by atoms with Gasteiger partial charge >= 0.3 is 0 Å². The van der Waals surface area contributed by atoms with Gasteiger partial charge in [0.2, 0.25) is 5.91 Å². The van der Waals surface area contributed by atoms with Gasteiger partial charge in [-0.15, -0.1) is 11.3 Å². The van der Waals surface area contributed by atoms with Gasteiger partial charge in [0.1, 0.15) is 17.0 Å². The number of hydrogen-bond donors (Lipinski definition) is 1. The molecule has 4 heterocycles. The number of amides is 2. The van der Waals surface area contributed by atoms with Crippen LogP contribution in [0.4, 0.5) is 0 Å². The minimum Gasteiger partial charge on any atom is -0.463 e. The molecule has 5 rings (SSSR count). The Bertz CT molecular complexity index is 1110. The quantitative estimate of drug-likeness (QED) is 0.508. The largest absolute Gasteiger partial charge is 0.463 e. The van der Waals surface area contributed by atoms with Crippen LogP contribution in [0, 0.1) is 0 Å². The lowest BCUT2D eigenvalue weighted by Crippen LogP contribution is -2.65. The maximum Gasteiger partial charge on any atom is 0.271 e. The zero-order chi connectivity index (χ0) is 23.5. The topological polar surface area (TPSA) is 67.5 Å². The standard InChI is InChI=1S/C27H33N3O3S/c1-27(26(32)28-20-9-5-3-2-4-6-10-20)19-29-22(24-12-7-17-33-24)13-14-23(29)25(31)30(27)16-15-21-11-8-18-34-21/h7-8,11-14,17-18,20H,2-6,9-10,15-16,19H2,1H3,(H,28,32). The Morgan fingerprint density at radius 3 is 2.56 bits per heavy atom. The lowest BCUT2D eigenvalue weighted by atomic mass is 9.92. The Morgan fingerprint density at radius 1 is 1.09 bits per heavy atom. The molecule has 0 spiro atoms. The summed E-state index contributed by atoms with van der Waals surface area (Å²) < 4.78 is 7.59. The summed E-state index contributed by atoms with van der Waals surface area (Å²) in [7, 11) is 0. The Morgan fingerprint density at radius 2 is 1.85 bits per heavy atom. The Labute approximate surface area is 204 Å². The summed E-state index contributed by atoms with van der Waals surface area (Å²) in [5.41, 5.74) is 0.453. The maximum atomic E-state index is 13.9. The third-order valence-corrected chi connectivity index (χ3v) is 8.31. The van der Waals surface area contributed by atoms with Gasteiger partial charge in [-0.3, -0.25) is 9.59 Å². The van der Waals surface area contributed by atoms with E-state index in [1.165, 1.54) is 24.1 Å². The molecule has 7 heteroatoms. The van der Waals surface area contributed by atoms with Crippen LogP contribution in [-0.2, 0) is 17.8 Å². The summed E-state index contributed by atoms with van der Waals surface area (Å²) in [6.07, 6.45) is 10.4. The number of furan rings is 1.